The lowest BCUT2D eigenvalue weighted by Crippen LogP contribution is -2.59. The number of unbranched alkanes of at least 4 members (excludes halogenated alkanes) is 1. The van der Waals surface area contributed by atoms with Crippen molar-refractivity contribution in [1.29, 1.82) is 0 Å². The lowest BCUT2D eigenvalue weighted by molar-refractivity contribution is -0.135. The molecule has 0 bridgehead atoms. The third-order valence-electron chi connectivity index (χ3n) is 11.8. The second-order valence-electron chi connectivity index (χ2n) is 19.3. The Labute approximate surface area is 463 Å². The summed E-state index contributed by atoms with van der Waals surface area (Å²) in [7, 11) is 2.20. The lowest BCUT2D eigenvalue weighted by atomic mass is 10.00. The Morgan fingerprint density at radius 3 is 1.88 bits per heavy atom. The number of hydrogen-bond donors (Lipinski definition) is 15. The van der Waals surface area contributed by atoms with Crippen molar-refractivity contribution in [2.45, 2.75) is 148 Å². The number of carbonyl (C=O) groups excluding carboxylic acids is 10. The van der Waals surface area contributed by atoms with Crippen molar-refractivity contribution < 1.29 is 53.1 Å². The van der Waals surface area contributed by atoms with Crippen LogP contribution in [0.3, 0.4) is 0 Å². The fourth-order valence-electron chi connectivity index (χ4n) is 7.53. The number of nitrogens with two attached hydrogens (primary N) is 5. The zero-order chi connectivity index (χ0) is 58.3. The number of amides is 10. The van der Waals surface area contributed by atoms with E-state index in [-0.39, 0.29) is 106 Å². The van der Waals surface area contributed by atoms with Crippen LogP contribution in [0.5, 0.6) is 5.75 Å². The number of nitrogens with zero attached hydrogens (tertiary/aromatic N) is 2. The third-order valence-corrected chi connectivity index (χ3v) is 14.2. The van der Waals surface area contributed by atoms with E-state index in [1.807, 2.05) is 0 Å². The van der Waals surface area contributed by atoms with Gasteiger partial charge in [0.15, 0.2) is 11.9 Å². The smallest absolute Gasteiger partial charge is 0.244 e. The summed E-state index contributed by atoms with van der Waals surface area (Å²) in [5, 5.41) is 33.9. The lowest BCUT2D eigenvalue weighted by Gasteiger charge is -2.27. The van der Waals surface area contributed by atoms with Crippen LogP contribution < -0.4 is 76.5 Å². The summed E-state index contributed by atoms with van der Waals surface area (Å²) >= 11 is 0. The van der Waals surface area contributed by atoms with E-state index in [1.54, 1.807) is 46.8 Å². The van der Waals surface area contributed by atoms with Gasteiger partial charge in [-0.15, -0.1) is 0 Å². The summed E-state index contributed by atoms with van der Waals surface area (Å²) in [6.45, 7) is 8.37. The van der Waals surface area contributed by atoms with Crippen molar-refractivity contribution >= 4 is 92.6 Å². The summed E-state index contributed by atoms with van der Waals surface area (Å²) in [5.74, 6) is -8.01. The molecule has 0 aliphatic carbocycles. The molecular weight excluding hydrogens is 1050 g/mol. The Morgan fingerprint density at radius 1 is 0.667 bits per heavy atom. The summed E-state index contributed by atoms with van der Waals surface area (Å²) in [6, 6.07) is -2.43. The van der Waals surface area contributed by atoms with E-state index < -0.39 is 114 Å². The van der Waals surface area contributed by atoms with Crippen molar-refractivity contribution in [3.63, 3.8) is 0 Å². The van der Waals surface area contributed by atoms with Gasteiger partial charge >= 0.3 is 0 Å². The first-order chi connectivity index (χ1) is 36.9. The first-order valence-corrected chi connectivity index (χ1v) is 28.5. The van der Waals surface area contributed by atoms with Crippen LogP contribution in [0.2, 0.25) is 0 Å². The predicted molar refractivity (Wildman–Crippen MR) is 298 cm³/mol. The molecule has 7 unspecified atom stereocenters. The molecule has 1 saturated heterocycles. The largest absolute Gasteiger partial charge is 0.508 e. The van der Waals surface area contributed by atoms with Gasteiger partial charge in [0.2, 0.25) is 59.1 Å². The van der Waals surface area contributed by atoms with Crippen molar-refractivity contribution in [2.75, 3.05) is 37.7 Å². The number of nitrogens with one attached hydrogen (secondary N) is 9. The normalized spacial score (nSPS) is 22.7. The topological polar surface area (TPSA) is 454 Å². The van der Waals surface area contributed by atoms with Gasteiger partial charge in [-0.1, -0.05) is 68.3 Å². The first-order valence-electron chi connectivity index (χ1n) is 26.0. The molecule has 1 aromatic carbocycles. The fourth-order valence-corrected chi connectivity index (χ4v) is 9.87. The van der Waals surface area contributed by atoms with Crippen LogP contribution in [0.25, 0.3) is 0 Å². The number of phenolic OH excluding ortho intramolecular Hbond substituents is 1. The van der Waals surface area contributed by atoms with Gasteiger partial charge in [-0.3, -0.25) is 57.9 Å². The molecule has 1 aliphatic rings. The van der Waals surface area contributed by atoms with Gasteiger partial charge in [0.25, 0.3) is 0 Å². The number of aromatic hydroxyl groups is 1. The highest BCUT2D eigenvalue weighted by Crippen LogP contribution is 2.24. The minimum Gasteiger partial charge on any atom is -0.508 e. The number of primary amides is 1. The van der Waals surface area contributed by atoms with Crippen molar-refractivity contribution in [1.82, 2.24) is 47.9 Å². The molecule has 1 heterocycles. The summed E-state index contributed by atoms with van der Waals surface area (Å²) in [6.07, 6.45) is 1.71. The number of guanidine groups is 2. The van der Waals surface area contributed by atoms with Crippen LogP contribution in [-0.4, -0.2) is 156 Å². The fraction of sp³-hybridized carbons (Fsp3) is 0.633. The van der Waals surface area contributed by atoms with Gasteiger partial charge in [-0.25, -0.2) is 0 Å². The Balaban J connectivity index is 2.52. The Hall–Kier alpha value is -7.04. The van der Waals surface area contributed by atoms with E-state index >= 15 is 0 Å². The number of aliphatic imine (C=N–C) groups is 2. The van der Waals surface area contributed by atoms with Crippen LogP contribution in [0.1, 0.15) is 104 Å². The Kier molecular flexibility index (Phi) is 31.1. The second kappa shape index (κ2) is 36.1. The molecule has 78 heavy (non-hydrogen) atoms. The molecule has 29 heteroatoms. The van der Waals surface area contributed by atoms with E-state index in [2.05, 4.69) is 57.8 Å². The highest BCUT2D eigenvalue weighted by molar-refractivity contribution is 8.76. The van der Waals surface area contributed by atoms with Crippen molar-refractivity contribution in [2.24, 2.45) is 50.5 Å². The maximum Gasteiger partial charge on any atom is 0.244 e. The number of hydrogen-bond acceptors (Lipinski definition) is 15. The van der Waals surface area contributed by atoms with E-state index in [1.165, 1.54) is 12.1 Å². The molecule has 27 nitrogen and oxygen atoms in total. The van der Waals surface area contributed by atoms with Gasteiger partial charge in [-0.05, 0) is 80.9 Å². The van der Waals surface area contributed by atoms with Crippen LogP contribution in [-0.2, 0) is 54.4 Å². The standard InChI is InChI=1S/C49H82N16O11S2/c1-6-31-44(73)63-33(22-27(2)3)43(72)58-24-39(69)59-32(12-11-21-57-49(53)54)45(74)65-40(28(4)5)47(76)64-34(23-29-15-17-30(66)18-16-29)42(71)55-19-9-7-13-37(67)60-35(41(50)70)25-77-78-26-36(46(75)62-31)61-38(68)14-8-10-20-56-48(51)52/h15-18,27-28,31-36,40,66H,6-14,19-26H2,1-5H3,(H2,50,70)(H,55,71)(H,58,72)(H,59,69)(H,60,67)(H,61,68)(H,62,75)(H,63,73)(H,64,76)(H,65,74)(H4,51,52,56)(H4,53,54,57). The zero-order valence-corrected chi connectivity index (χ0v) is 46.8. The van der Waals surface area contributed by atoms with Crippen molar-refractivity contribution in [3.8, 4) is 5.75 Å². The number of benzene rings is 1. The van der Waals surface area contributed by atoms with Gasteiger partial charge in [0.05, 0.1) is 6.54 Å². The minimum absolute atomic E-state index is 0.0110. The highest BCUT2D eigenvalue weighted by Gasteiger charge is 2.33. The molecule has 7 atom stereocenters. The molecule has 0 aromatic heterocycles. The van der Waals surface area contributed by atoms with E-state index in [9.17, 15) is 53.1 Å². The number of carbonyl (C=O) groups is 10. The SMILES string of the molecule is CCC1NC(=O)C(NC(=O)CCCCN=C(N)N)CSSCC(C(N)=O)NC(=O)CCCCNC(=O)C(Cc2ccc(O)cc2)NC(=O)C(C(C)C)NC(=O)C(CCCN=C(N)N)NC(=O)CNC(=O)C(CC(C)C)NC1=O. The molecule has 0 spiro atoms. The highest BCUT2D eigenvalue weighted by atomic mass is 33.1. The minimum atomic E-state index is -1.28. The molecule has 20 N–H and O–H groups in total. The monoisotopic (exact) mass is 1130 g/mol. The molecule has 436 valence electrons. The summed E-state index contributed by atoms with van der Waals surface area (Å²) < 4.78 is 0. The van der Waals surface area contributed by atoms with Crippen LogP contribution >= 0.6 is 21.6 Å². The average molecular weight is 1140 g/mol. The molecule has 1 aromatic rings. The maximum atomic E-state index is 14.1. The molecule has 10 amide bonds. The van der Waals surface area contributed by atoms with E-state index in [4.69, 9.17) is 28.7 Å². The second-order valence-corrected chi connectivity index (χ2v) is 21.9. The quantitative estimate of drug-likeness (QED) is 0.0325. The van der Waals surface area contributed by atoms with Crippen LogP contribution in [0.15, 0.2) is 34.3 Å². The average Bonchev–Trinajstić information content (AvgIpc) is 3.36. The molecule has 0 saturated carbocycles. The van der Waals surface area contributed by atoms with Crippen LogP contribution in [0, 0.1) is 11.8 Å². The Bertz CT molecular complexity index is 2230. The molecule has 1 fully saturated rings. The van der Waals surface area contributed by atoms with E-state index in [0.29, 0.717) is 24.8 Å². The van der Waals surface area contributed by atoms with E-state index in [0.717, 1.165) is 21.6 Å². The predicted octanol–water partition coefficient (Wildman–Crippen LogP) is -2.78. The van der Waals surface area contributed by atoms with Gasteiger partial charge in [0.1, 0.15) is 48.0 Å². The molecule has 0 radical (unpaired) electrons. The van der Waals surface area contributed by atoms with Crippen LogP contribution in [0.4, 0.5) is 0 Å². The number of phenols is 1. The number of rotatable bonds is 17. The maximum absolute atomic E-state index is 14.1. The van der Waals surface area contributed by atoms with Gasteiger partial charge in [-0.2, -0.15) is 0 Å². The summed E-state index contributed by atoms with van der Waals surface area (Å²) in [5.41, 5.74) is 28.0. The van der Waals surface area contributed by atoms with Gasteiger partial charge < -0.3 is 81.6 Å². The third kappa shape index (κ3) is 27.3. The summed E-state index contributed by atoms with van der Waals surface area (Å²) in [4.78, 5) is 143. The molecule has 1 aliphatic heterocycles. The van der Waals surface area contributed by atoms with Gasteiger partial charge in [0, 0.05) is 50.4 Å². The molecule has 2 rings (SSSR count). The first kappa shape index (κ1) is 67.1. The van der Waals surface area contributed by atoms with Crippen molar-refractivity contribution in [3.05, 3.63) is 29.8 Å². The zero-order valence-electron chi connectivity index (χ0n) is 45.2. The Morgan fingerprint density at radius 2 is 1.27 bits per heavy atom. The molecular formula is C49H82N16O11S2.